The van der Waals surface area contributed by atoms with Crippen LogP contribution in [0.25, 0.3) is 10.9 Å². The van der Waals surface area contributed by atoms with Gasteiger partial charge in [-0.2, -0.15) is 5.10 Å². The molecule has 2 amide bonds. The fourth-order valence-electron chi connectivity index (χ4n) is 4.36. The highest BCUT2D eigenvalue weighted by atomic mass is 19.1. The Bertz CT molecular complexity index is 1380. The van der Waals surface area contributed by atoms with Gasteiger partial charge < -0.3 is 14.4 Å². The highest BCUT2D eigenvalue weighted by Gasteiger charge is 2.27. The molecule has 1 aromatic carbocycles. The number of anilines is 1. The zero-order valence-corrected chi connectivity index (χ0v) is 19.3. The predicted octanol–water partition coefficient (Wildman–Crippen LogP) is 2.30. The molecule has 0 spiro atoms. The summed E-state index contributed by atoms with van der Waals surface area (Å²) in [5, 5.41) is 4.22. The summed E-state index contributed by atoms with van der Waals surface area (Å²) < 4.78 is 17.2. The second kappa shape index (κ2) is 9.28. The van der Waals surface area contributed by atoms with Crippen LogP contribution in [0.5, 0.6) is 0 Å². The van der Waals surface area contributed by atoms with Gasteiger partial charge in [-0.1, -0.05) is 0 Å². The van der Waals surface area contributed by atoms with Crippen LogP contribution in [-0.4, -0.2) is 58.7 Å². The topological polar surface area (TPSA) is 99.9 Å². The van der Waals surface area contributed by atoms with Crippen LogP contribution >= 0.6 is 0 Å². The van der Waals surface area contributed by atoms with Gasteiger partial charge in [0.25, 0.3) is 5.91 Å². The molecule has 1 N–H and O–H groups in total. The van der Waals surface area contributed by atoms with Crippen LogP contribution in [0.1, 0.15) is 41.7 Å². The smallest absolute Gasteiger partial charge is 0.271 e. The average molecular weight is 477 g/mol. The van der Waals surface area contributed by atoms with Gasteiger partial charge in [0.15, 0.2) is 5.43 Å². The molecule has 3 aromatic rings. The van der Waals surface area contributed by atoms with Gasteiger partial charge in [-0.25, -0.2) is 9.82 Å². The largest absolute Gasteiger partial charge is 0.366 e. The third kappa shape index (κ3) is 4.64. The molecular weight excluding hydrogens is 451 g/mol. The van der Waals surface area contributed by atoms with E-state index in [1.165, 1.54) is 31.6 Å². The first-order valence-electron chi connectivity index (χ1n) is 11.5. The zero-order chi connectivity index (χ0) is 24.5. The lowest BCUT2D eigenvalue weighted by molar-refractivity contribution is -0.129. The van der Waals surface area contributed by atoms with Gasteiger partial charge in [-0.15, -0.1) is 0 Å². The van der Waals surface area contributed by atoms with E-state index in [2.05, 4.69) is 15.5 Å². The van der Waals surface area contributed by atoms with Crippen molar-refractivity contribution in [3.8, 4) is 0 Å². The van der Waals surface area contributed by atoms with E-state index >= 15 is 4.39 Å². The maximum absolute atomic E-state index is 15.2. The number of nitrogens with one attached hydrogen (secondary N) is 1. The number of hydrogen-bond donors (Lipinski definition) is 1. The molecule has 1 aliphatic carbocycles. The molecule has 1 saturated carbocycles. The van der Waals surface area contributed by atoms with Crippen molar-refractivity contribution < 1.29 is 14.0 Å². The zero-order valence-electron chi connectivity index (χ0n) is 19.3. The number of rotatable bonds is 5. The van der Waals surface area contributed by atoms with Crippen molar-refractivity contribution >= 4 is 34.6 Å². The lowest BCUT2D eigenvalue weighted by Gasteiger charge is -2.36. The van der Waals surface area contributed by atoms with Crippen LogP contribution in [0, 0.1) is 5.82 Å². The minimum atomic E-state index is -0.478. The Hall–Kier alpha value is -4.08. The molecular formula is C25H25FN6O3. The van der Waals surface area contributed by atoms with Crippen LogP contribution in [0.3, 0.4) is 0 Å². The molecule has 0 atom stereocenters. The van der Waals surface area contributed by atoms with Gasteiger partial charge in [0, 0.05) is 68.7 Å². The van der Waals surface area contributed by atoms with Gasteiger partial charge in [0.1, 0.15) is 5.82 Å². The van der Waals surface area contributed by atoms with Crippen LogP contribution in [0.15, 0.2) is 52.8 Å². The number of halogens is 1. The van der Waals surface area contributed by atoms with E-state index in [1.807, 2.05) is 9.47 Å². The number of piperazine rings is 1. The quantitative estimate of drug-likeness (QED) is 0.450. The van der Waals surface area contributed by atoms with Crippen molar-refractivity contribution in [3.63, 3.8) is 0 Å². The number of benzene rings is 1. The number of hydrazone groups is 1. The minimum absolute atomic E-state index is 0.0114. The Kier molecular flexibility index (Phi) is 6.02. The average Bonchev–Trinajstić information content (AvgIpc) is 3.71. The number of aromatic nitrogens is 2. The van der Waals surface area contributed by atoms with Crippen molar-refractivity contribution in [3.05, 3.63) is 70.0 Å². The molecule has 5 rings (SSSR count). The molecule has 1 aliphatic heterocycles. The molecule has 10 heteroatoms. The van der Waals surface area contributed by atoms with Gasteiger partial charge in [0.05, 0.1) is 23.0 Å². The molecule has 0 radical (unpaired) electrons. The lowest BCUT2D eigenvalue weighted by atomic mass is 10.1. The summed E-state index contributed by atoms with van der Waals surface area (Å²) in [6.45, 7) is 3.65. The highest BCUT2D eigenvalue weighted by Crippen LogP contribution is 2.38. The van der Waals surface area contributed by atoms with Crippen molar-refractivity contribution in [2.45, 2.75) is 25.8 Å². The third-order valence-corrected chi connectivity index (χ3v) is 6.45. The van der Waals surface area contributed by atoms with Gasteiger partial charge in [0.2, 0.25) is 5.91 Å². The Morgan fingerprint density at radius 2 is 1.86 bits per heavy atom. The van der Waals surface area contributed by atoms with Crippen molar-refractivity contribution in [2.24, 2.45) is 5.10 Å². The SMILES string of the molecule is CC(=O)N1CCN(c2cc3c(cc2F)c(=O)c(/C=N/NC(=O)c2ccncc2)cn3C2CC2)CC1. The Morgan fingerprint density at radius 3 is 2.51 bits per heavy atom. The van der Waals surface area contributed by atoms with E-state index in [1.54, 1.807) is 29.3 Å². The predicted molar refractivity (Wildman–Crippen MR) is 130 cm³/mol. The van der Waals surface area contributed by atoms with E-state index < -0.39 is 11.7 Å². The number of pyridine rings is 2. The summed E-state index contributed by atoms with van der Waals surface area (Å²) >= 11 is 0. The third-order valence-electron chi connectivity index (χ3n) is 6.45. The maximum Gasteiger partial charge on any atom is 0.271 e. The molecule has 2 aliphatic rings. The Labute approximate surface area is 200 Å². The molecule has 180 valence electrons. The molecule has 1 saturated heterocycles. The normalized spacial score (nSPS) is 16.2. The van der Waals surface area contributed by atoms with Crippen LogP contribution < -0.4 is 15.8 Å². The highest BCUT2D eigenvalue weighted by molar-refractivity contribution is 5.95. The number of fused-ring (bicyclic) bond motifs is 1. The van der Waals surface area contributed by atoms with Crippen LogP contribution in [0.2, 0.25) is 0 Å². The molecule has 0 unspecified atom stereocenters. The van der Waals surface area contributed by atoms with E-state index in [4.69, 9.17) is 0 Å². The first-order valence-corrected chi connectivity index (χ1v) is 11.5. The first kappa shape index (κ1) is 22.7. The number of hydrogen-bond acceptors (Lipinski definition) is 6. The summed E-state index contributed by atoms with van der Waals surface area (Å²) in [5.41, 5.74) is 3.81. The molecule has 2 fully saturated rings. The number of nitrogens with zero attached hydrogens (tertiary/aromatic N) is 5. The minimum Gasteiger partial charge on any atom is -0.366 e. The molecule has 9 nitrogen and oxygen atoms in total. The van der Waals surface area contributed by atoms with Gasteiger partial charge in [-0.3, -0.25) is 19.4 Å². The van der Waals surface area contributed by atoms with Gasteiger partial charge in [-0.05, 0) is 37.1 Å². The Balaban J connectivity index is 1.45. The summed E-state index contributed by atoms with van der Waals surface area (Å²) in [6.07, 6.45) is 7.96. The van der Waals surface area contributed by atoms with Crippen molar-refractivity contribution in [2.75, 3.05) is 31.1 Å². The van der Waals surface area contributed by atoms with E-state index in [9.17, 15) is 14.4 Å². The van der Waals surface area contributed by atoms with Crippen LogP contribution in [-0.2, 0) is 4.79 Å². The van der Waals surface area contributed by atoms with Crippen molar-refractivity contribution in [1.82, 2.24) is 19.9 Å². The molecule has 35 heavy (non-hydrogen) atoms. The summed E-state index contributed by atoms with van der Waals surface area (Å²) in [4.78, 5) is 44.5. The summed E-state index contributed by atoms with van der Waals surface area (Å²) in [7, 11) is 0. The second-order valence-corrected chi connectivity index (χ2v) is 8.80. The fraction of sp³-hybridized carbons (Fsp3) is 0.320. The Morgan fingerprint density at radius 1 is 1.14 bits per heavy atom. The van der Waals surface area contributed by atoms with E-state index in [-0.39, 0.29) is 28.3 Å². The number of amides is 2. The molecule has 3 heterocycles. The molecule has 2 aromatic heterocycles. The summed E-state index contributed by atoms with van der Waals surface area (Å²) in [5.74, 6) is -0.891. The molecule has 0 bridgehead atoms. The first-order chi connectivity index (χ1) is 16.9. The van der Waals surface area contributed by atoms with E-state index in [0.29, 0.717) is 42.9 Å². The van der Waals surface area contributed by atoms with E-state index in [0.717, 1.165) is 12.8 Å². The number of carbonyl (C=O) groups is 2. The lowest BCUT2D eigenvalue weighted by Crippen LogP contribution is -2.48. The second-order valence-electron chi connectivity index (χ2n) is 8.80. The number of carbonyl (C=O) groups excluding carboxylic acids is 2. The standard InChI is InChI=1S/C25H25FN6O3/c1-16(33)30-8-10-31(11-9-30)23-13-22-20(12-21(23)26)24(34)18(15-32(22)19-2-3-19)14-28-29-25(35)17-4-6-27-7-5-17/h4-7,12-15,19H,2-3,8-11H2,1H3,(H,29,35)/b28-14+. The maximum atomic E-state index is 15.2. The van der Waals surface area contributed by atoms with Gasteiger partial charge >= 0.3 is 0 Å². The van der Waals surface area contributed by atoms with Crippen LogP contribution in [0.4, 0.5) is 10.1 Å². The fourth-order valence-corrected chi connectivity index (χ4v) is 4.36. The summed E-state index contributed by atoms with van der Waals surface area (Å²) in [6, 6.07) is 6.36. The van der Waals surface area contributed by atoms with Crippen molar-refractivity contribution in [1.29, 1.82) is 0 Å². The monoisotopic (exact) mass is 476 g/mol.